The Bertz CT molecular complexity index is 2370. The van der Waals surface area contributed by atoms with Crippen LogP contribution in [0.25, 0.3) is 22.3 Å². The molecule has 316 valence electrons. The van der Waals surface area contributed by atoms with Crippen molar-refractivity contribution in [3.8, 4) is 0 Å². The maximum absolute atomic E-state index is 13.8. The second-order valence-corrected chi connectivity index (χ2v) is 19.3. The van der Waals surface area contributed by atoms with Gasteiger partial charge in [0, 0.05) is 0 Å². The van der Waals surface area contributed by atoms with Crippen LogP contribution in [-0.2, 0) is 58.6 Å². The number of fused-ring (bicyclic) bond motifs is 2. The monoisotopic (exact) mass is 916 g/mol. The zero-order valence-corrected chi connectivity index (χ0v) is 32.1. The molecule has 2 aliphatic rings. The van der Waals surface area contributed by atoms with Crippen LogP contribution >= 0.6 is 39.1 Å². The summed E-state index contributed by atoms with van der Waals surface area (Å²) in [4.78, 5) is 70.4. The molecular formula is C20H29N10O22P5. The van der Waals surface area contributed by atoms with Gasteiger partial charge in [0.25, 0.3) is 0 Å². The van der Waals surface area contributed by atoms with Crippen molar-refractivity contribution in [2.24, 2.45) is 0 Å². The van der Waals surface area contributed by atoms with Gasteiger partial charge in [-0.05, 0) is 0 Å². The van der Waals surface area contributed by atoms with Crippen LogP contribution in [0.4, 0.5) is 11.6 Å². The summed E-state index contributed by atoms with van der Waals surface area (Å²) in [6, 6.07) is 0. The number of nitrogens with zero attached hydrogens (tertiary/aromatic N) is 8. The van der Waals surface area contributed by atoms with Crippen LogP contribution in [-0.4, -0.2) is 134 Å². The molecule has 6 heterocycles. The Hall–Kier alpha value is -2.83. The molecule has 0 bridgehead atoms. The van der Waals surface area contributed by atoms with Crippen LogP contribution in [0.1, 0.15) is 12.5 Å². The Morgan fingerprint density at radius 1 is 0.579 bits per heavy atom. The molecule has 0 amide bonds. The van der Waals surface area contributed by atoms with Crippen molar-refractivity contribution < 1.29 is 103 Å². The fourth-order valence-electron chi connectivity index (χ4n) is 5.29. The van der Waals surface area contributed by atoms with Crippen molar-refractivity contribution >= 4 is 73.1 Å². The number of aromatic nitrogens is 8. The number of rotatable bonds is 16. The van der Waals surface area contributed by atoms with Gasteiger partial charge in [-0.15, -0.1) is 0 Å². The van der Waals surface area contributed by atoms with Gasteiger partial charge in [0.1, 0.15) is 60.3 Å². The molecule has 6 rings (SSSR count). The molecule has 0 spiro atoms. The lowest BCUT2D eigenvalue weighted by molar-refractivity contribution is -0.0529. The molecule has 3 unspecified atom stereocenters. The number of hydrogen-bond donors (Lipinski definition) is 11. The summed E-state index contributed by atoms with van der Waals surface area (Å²) in [5, 5.41) is 42.8. The number of imidazole rings is 2. The van der Waals surface area contributed by atoms with Crippen LogP contribution in [0.3, 0.4) is 0 Å². The summed E-state index contributed by atoms with van der Waals surface area (Å²) in [5.41, 5.74) is 11.6. The highest BCUT2D eigenvalue weighted by Gasteiger charge is 2.54. The lowest BCUT2D eigenvalue weighted by Gasteiger charge is -2.26. The first-order valence-corrected chi connectivity index (χ1v) is 22.5. The second-order valence-electron chi connectivity index (χ2n) is 11.5. The highest BCUT2D eigenvalue weighted by atomic mass is 31.3. The third-order valence-electron chi connectivity index (χ3n) is 7.61. The molecule has 0 aromatic carbocycles. The van der Waals surface area contributed by atoms with Crippen LogP contribution in [0.2, 0.25) is 0 Å². The topological polar surface area (TPSA) is 481 Å². The van der Waals surface area contributed by atoms with Gasteiger partial charge in [0.2, 0.25) is 0 Å². The van der Waals surface area contributed by atoms with Crippen LogP contribution < -0.4 is 11.5 Å². The molecule has 0 radical (unpaired) electrons. The molecule has 4 aromatic rings. The van der Waals surface area contributed by atoms with Crippen LogP contribution in [0.5, 0.6) is 0 Å². The first kappa shape index (κ1) is 43.7. The molecule has 32 nitrogen and oxygen atoms in total. The summed E-state index contributed by atoms with van der Waals surface area (Å²) >= 11 is 0. The van der Waals surface area contributed by atoms with E-state index < -0.39 is 101 Å². The molecule has 0 saturated carbocycles. The van der Waals surface area contributed by atoms with E-state index >= 15 is 0 Å². The quantitative estimate of drug-likeness (QED) is 0.0525. The number of anilines is 2. The minimum atomic E-state index is -6.39. The van der Waals surface area contributed by atoms with Gasteiger partial charge in [-0.1, -0.05) is 0 Å². The fraction of sp³-hybridized carbons (Fsp3) is 0.500. The largest absolute Gasteiger partial charge is 0.492 e. The third kappa shape index (κ3) is 9.80. The number of nitrogen functional groups attached to an aromatic ring is 2. The smallest absolute Gasteiger partial charge is 0.387 e. The zero-order chi connectivity index (χ0) is 41.9. The van der Waals surface area contributed by atoms with E-state index in [2.05, 4.69) is 47.1 Å². The van der Waals surface area contributed by atoms with E-state index in [1.807, 2.05) is 0 Å². The highest BCUT2D eigenvalue weighted by Crippen LogP contribution is 2.76. The zero-order valence-electron chi connectivity index (χ0n) is 27.6. The first-order chi connectivity index (χ1) is 26.4. The molecule has 37 heteroatoms. The summed E-state index contributed by atoms with van der Waals surface area (Å²) in [5.74, 6) is -0.168. The Balaban J connectivity index is 1.24. The predicted molar refractivity (Wildman–Crippen MR) is 177 cm³/mol. The molecular weight excluding hydrogens is 887 g/mol. The van der Waals surface area contributed by atoms with Crippen molar-refractivity contribution in [1.82, 2.24) is 39.0 Å². The average molecular weight is 916 g/mol. The second kappa shape index (κ2) is 16.0. The lowest BCUT2D eigenvalue weighted by atomic mass is 10.1. The van der Waals surface area contributed by atoms with E-state index in [9.17, 15) is 57.9 Å². The van der Waals surface area contributed by atoms with Gasteiger partial charge >= 0.3 is 39.1 Å². The number of aliphatic hydroxyl groups excluding tert-OH is 4. The van der Waals surface area contributed by atoms with Crippen LogP contribution in [0.15, 0.2) is 25.3 Å². The molecule has 13 N–H and O–H groups in total. The number of ether oxygens (including phenoxy) is 2. The lowest BCUT2D eigenvalue weighted by Crippen LogP contribution is -2.34. The molecule has 57 heavy (non-hydrogen) atoms. The Kier molecular flexibility index (Phi) is 12.3. The summed E-state index contributed by atoms with van der Waals surface area (Å²) in [6.45, 7) is -2.75. The Morgan fingerprint density at radius 2 is 0.982 bits per heavy atom. The fourth-order valence-corrected chi connectivity index (χ4v) is 12.0. The minimum Gasteiger partial charge on any atom is -0.387 e. The molecule has 2 fully saturated rings. The van der Waals surface area contributed by atoms with Crippen molar-refractivity contribution in [2.75, 3.05) is 24.7 Å². The van der Waals surface area contributed by atoms with Gasteiger partial charge in [-0.25, -0.2) is 52.7 Å². The number of hydrogen-bond acceptors (Lipinski definition) is 25. The molecule has 0 aliphatic carbocycles. The minimum absolute atomic E-state index is 0.00686. The van der Waals surface area contributed by atoms with E-state index in [0.29, 0.717) is 0 Å². The molecule has 4 aromatic heterocycles. The van der Waals surface area contributed by atoms with Gasteiger partial charge in [-0.2, -0.15) is 17.2 Å². The molecule has 11 atom stereocenters. The average Bonchev–Trinajstić information content (AvgIpc) is 3.83. The van der Waals surface area contributed by atoms with Gasteiger partial charge in [0.15, 0.2) is 35.4 Å². The maximum atomic E-state index is 13.8. The number of aliphatic hydroxyl groups is 4. The molecule has 2 saturated heterocycles. The number of phosphoric acid groups is 5. The summed E-state index contributed by atoms with van der Waals surface area (Å²) < 4.78 is 102. The van der Waals surface area contributed by atoms with Crippen molar-refractivity contribution in [1.29, 1.82) is 0 Å². The number of nitrogens with two attached hydrogens (primary N) is 2. The predicted octanol–water partition coefficient (Wildman–Crippen LogP) is -2.33. The van der Waals surface area contributed by atoms with Gasteiger partial charge < -0.3 is 65.8 Å². The van der Waals surface area contributed by atoms with Gasteiger partial charge in [0.05, 0.1) is 25.9 Å². The van der Waals surface area contributed by atoms with Gasteiger partial charge in [-0.3, -0.25) is 18.2 Å². The normalized spacial score (nSPS) is 29.1. The van der Waals surface area contributed by atoms with E-state index in [-0.39, 0.29) is 34.0 Å². The molecule has 2 aliphatic heterocycles. The SMILES string of the molecule is Nc1ncnc2c1ncn2[C@@H]1O[C@H](COP(=O)(OP(=O)(O)O)OP(=O)(OC[C@H]2O[C@@H](n3cnc4c(N)ncnc43)[C@H](O)[C@@H]2O)OP(=O)(O)OP(=O)(O)O)[C@@H](O)[C@H]1O. The third-order valence-corrected chi connectivity index (χ3v) is 15.1. The van der Waals surface area contributed by atoms with E-state index in [0.717, 1.165) is 34.4 Å². The Morgan fingerprint density at radius 3 is 1.39 bits per heavy atom. The summed E-state index contributed by atoms with van der Waals surface area (Å²) in [6.07, 6.45) is -10.4. The van der Waals surface area contributed by atoms with Crippen LogP contribution in [0, 0.1) is 0 Å². The standard InChI is InChI=1S/C20H29N10O22P5/c21-15-9-17(25-3-23-15)29(5-27-9)19-13(33)11(31)7(47-19)1-45-56(43,50-54(38,39)40)52-57(44,51-55(41,42)49-53(35,36)37)46-2-8-12(32)14(34)20(48-8)30-6-28-10-16(22)24-4-26-18(10)30/h3-8,11-14,19-20,31-34H,1-2H2,(H,41,42)(H2,21,23,25)(H2,22,24,26)(H2,35,36,37)(H2,38,39,40)/t7-,8-,11-,12-,13-,14-,19-,20-,56?,57?/m1/s1. The van der Waals surface area contributed by atoms with Crippen molar-refractivity contribution in [2.45, 2.75) is 49.1 Å². The maximum Gasteiger partial charge on any atom is 0.492 e. The van der Waals surface area contributed by atoms with Crippen molar-refractivity contribution in [3.05, 3.63) is 25.3 Å². The van der Waals surface area contributed by atoms with Crippen molar-refractivity contribution in [3.63, 3.8) is 0 Å². The first-order valence-electron chi connectivity index (χ1n) is 15.1. The van der Waals surface area contributed by atoms with E-state index in [1.165, 1.54) is 0 Å². The highest BCUT2D eigenvalue weighted by molar-refractivity contribution is 7.71. The Labute approximate surface area is 314 Å². The van der Waals surface area contributed by atoms with E-state index in [4.69, 9.17) is 39.8 Å². The summed E-state index contributed by atoms with van der Waals surface area (Å²) in [7, 11) is -31.1. The van der Waals surface area contributed by atoms with E-state index in [1.54, 1.807) is 0 Å².